The molecule has 40 heavy (non-hydrogen) atoms. The molecule has 214 valence electrons. The summed E-state index contributed by atoms with van der Waals surface area (Å²) in [7, 11) is -3.56. The third-order valence-corrected chi connectivity index (χ3v) is 7.85. The molecule has 3 rings (SSSR count). The Morgan fingerprint density at radius 3 is 2.17 bits per heavy atom. The van der Waals surface area contributed by atoms with E-state index in [0.717, 1.165) is 22.9 Å². The van der Waals surface area contributed by atoms with Gasteiger partial charge in [0.15, 0.2) is 0 Å². The molecule has 0 aliphatic carbocycles. The van der Waals surface area contributed by atoms with Crippen molar-refractivity contribution in [2.24, 2.45) is 0 Å². The Morgan fingerprint density at radius 1 is 0.925 bits per heavy atom. The lowest BCUT2D eigenvalue weighted by atomic mass is 10.0. The van der Waals surface area contributed by atoms with Gasteiger partial charge in [0.25, 0.3) is 0 Å². The highest BCUT2D eigenvalue weighted by molar-refractivity contribution is 7.92. The highest BCUT2D eigenvalue weighted by Crippen LogP contribution is 2.21. The fourth-order valence-electron chi connectivity index (χ4n) is 4.48. The molecule has 0 spiro atoms. The number of amides is 2. The Hall–Kier alpha value is -3.36. The van der Waals surface area contributed by atoms with Gasteiger partial charge in [-0.1, -0.05) is 71.8 Å². The molecule has 7 nitrogen and oxygen atoms in total. The first-order valence-electron chi connectivity index (χ1n) is 13.4. The summed E-state index contributed by atoms with van der Waals surface area (Å²) in [5.74, 6) is -0.483. The predicted octanol–water partition coefficient (Wildman–Crippen LogP) is 5.36. The molecule has 0 saturated carbocycles. The Labute approximate surface area is 243 Å². The van der Waals surface area contributed by atoms with Crippen LogP contribution in [0.1, 0.15) is 43.4 Å². The summed E-state index contributed by atoms with van der Waals surface area (Å²) in [6.45, 7) is 6.02. The zero-order valence-corrected chi connectivity index (χ0v) is 25.1. The van der Waals surface area contributed by atoms with Crippen LogP contribution < -0.4 is 9.62 Å². The number of carbonyl (C=O) groups excluding carboxylic acids is 2. The monoisotopic (exact) mass is 583 g/mol. The van der Waals surface area contributed by atoms with E-state index in [4.69, 9.17) is 11.6 Å². The number of sulfonamides is 1. The molecule has 1 unspecified atom stereocenters. The third-order valence-electron chi connectivity index (χ3n) is 6.42. The molecule has 0 heterocycles. The van der Waals surface area contributed by atoms with E-state index < -0.39 is 16.1 Å². The summed E-state index contributed by atoms with van der Waals surface area (Å²) in [5, 5.41) is 3.51. The van der Waals surface area contributed by atoms with Crippen LogP contribution in [0.4, 0.5) is 5.69 Å². The highest BCUT2D eigenvalue weighted by atomic mass is 35.5. The van der Waals surface area contributed by atoms with Crippen LogP contribution in [0.3, 0.4) is 0 Å². The molecular formula is C31H38ClN3O4S. The van der Waals surface area contributed by atoms with Crippen LogP contribution >= 0.6 is 11.6 Å². The van der Waals surface area contributed by atoms with Gasteiger partial charge in [0.2, 0.25) is 21.8 Å². The number of carbonyl (C=O) groups is 2. The van der Waals surface area contributed by atoms with Crippen molar-refractivity contribution < 1.29 is 18.0 Å². The fraction of sp³-hybridized carbons (Fsp3) is 0.355. The number of nitrogens with zero attached hydrogens (tertiary/aromatic N) is 2. The first-order chi connectivity index (χ1) is 18.9. The quantitative estimate of drug-likeness (QED) is 0.293. The zero-order valence-electron chi connectivity index (χ0n) is 23.5. The molecule has 0 saturated heterocycles. The number of halogens is 1. The Kier molecular flexibility index (Phi) is 11.2. The minimum absolute atomic E-state index is 0.0682. The Bertz CT molecular complexity index is 1380. The maximum atomic E-state index is 13.8. The lowest BCUT2D eigenvalue weighted by molar-refractivity contribution is -0.141. The molecule has 0 bridgehead atoms. The summed E-state index contributed by atoms with van der Waals surface area (Å²) in [4.78, 5) is 28.9. The number of benzene rings is 3. The Balaban J connectivity index is 1.87. The molecule has 0 radical (unpaired) electrons. The summed E-state index contributed by atoms with van der Waals surface area (Å²) < 4.78 is 26.4. The van der Waals surface area contributed by atoms with E-state index in [1.807, 2.05) is 75.4 Å². The van der Waals surface area contributed by atoms with Gasteiger partial charge in [-0.05, 0) is 62.6 Å². The zero-order chi connectivity index (χ0) is 29.3. The van der Waals surface area contributed by atoms with E-state index in [0.29, 0.717) is 17.1 Å². The van der Waals surface area contributed by atoms with Crippen LogP contribution in [0.5, 0.6) is 0 Å². The fourth-order valence-corrected chi connectivity index (χ4v) is 5.66. The van der Waals surface area contributed by atoms with Crippen LogP contribution in [-0.4, -0.2) is 50.0 Å². The molecular weight excluding hydrogens is 546 g/mol. The van der Waals surface area contributed by atoms with Gasteiger partial charge < -0.3 is 10.2 Å². The van der Waals surface area contributed by atoms with E-state index in [1.165, 1.54) is 4.31 Å². The second-order valence-electron chi connectivity index (χ2n) is 10.3. The van der Waals surface area contributed by atoms with Crippen molar-refractivity contribution in [1.29, 1.82) is 0 Å². The Morgan fingerprint density at radius 2 is 1.57 bits per heavy atom. The lowest BCUT2D eigenvalue weighted by Crippen LogP contribution is -2.51. The topological polar surface area (TPSA) is 86.8 Å². The minimum Gasteiger partial charge on any atom is -0.352 e. The standard InChI is InChI=1S/C31H38ClN3O4S/c1-23(2)33-31(37)29(21-25-10-6-5-7-11-25)34(22-26-12-8-13-27(32)20-26)30(36)14-9-19-35(40(4,38)39)28-17-15-24(3)16-18-28/h5-8,10-13,15-18,20,23,29H,9,14,19,21-22H2,1-4H3,(H,33,37). The van der Waals surface area contributed by atoms with E-state index in [1.54, 1.807) is 29.2 Å². The normalized spacial score (nSPS) is 12.2. The van der Waals surface area contributed by atoms with Gasteiger partial charge >= 0.3 is 0 Å². The van der Waals surface area contributed by atoms with Gasteiger partial charge in [-0.25, -0.2) is 8.42 Å². The van der Waals surface area contributed by atoms with Crippen molar-refractivity contribution >= 4 is 39.1 Å². The van der Waals surface area contributed by atoms with E-state index in [-0.39, 0.29) is 43.8 Å². The maximum absolute atomic E-state index is 13.8. The van der Waals surface area contributed by atoms with E-state index in [2.05, 4.69) is 5.32 Å². The minimum atomic E-state index is -3.56. The maximum Gasteiger partial charge on any atom is 0.243 e. The molecule has 3 aromatic carbocycles. The number of nitrogens with one attached hydrogen (secondary N) is 1. The highest BCUT2D eigenvalue weighted by Gasteiger charge is 2.31. The van der Waals surface area contributed by atoms with Gasteiger partial charge in [-0.3, -0.25) is 13.9 Å². The number of aryl methyl sites for hydroxylation is 1. The third kappa shape index (κ3) is 9.38. The predicted molar refractivity (Wildman–Crippen MR) is 162 cm³/mol. The number of rotatable bonds is 13. The lowest BCUT2D eigenvalue weighted by Gasteiger charge is -2.32. The average molecular weight is 584 g/mol. The molecule has 9 heteroatoms. The second-order valence-corrected chi connectivity index (χ2v) is 12.6. The number of hydrogen-bond donors (Lipinski definition) is 1. The molecule has 0 aliphatic rings. The van der Waals surface area contributed by atoms with Crippen LogP contribution in [0, 0.1) is 6.92 Å². The summed E-state index contributed by atoms with van der Waals surface area (Å²) in [5.41, 5.74) is 3.30. The van der Waals surface area contributed by atoms with Gasteiger partial charge in [-0.15, -0.1) is 0 Å². The van der Waals surface area contributed by atoms with Gasteiger partial charge in [0, 0.05) is 37.0 Å². The van der Waals surface area contributed by atoms with Crippen molar-refractivity contribution in [3.8, 4) is 0 Å². The summed E-state index contributed by atoms with van der Waals surface area (Å²) in [6.07, 6.45) is 1.85. The molecule has 1 atom stereocenters. The molecule has 0 fully saturated rings. The van der Waals surface area contributed by atoms with Crippen LogP contribution in [-0.2, 0) is 32.6 Å². The van der Waals surface area contributed by atoms with Crippen LogP contribution in [0.15, 0.2) is 78.9 Å². The van der Waals surface area contributed by atoms with Crippen molar-refractivity contribution in [2.45, 2.75) is 58.7 Å². The first-order valence-corrected chi connectivity index (χ1v) is 15.6. The molecule has 0 aromatic heterocycles. The molecule has 1 N–H and O–H groups in total. The largest absolute Gasteiger partial charge is 0.352 e. The van der Waals surface area contributed by atoms with E-state index in [9.17, 15) is 18.0 Å². The first kappa shape index (κ1) is 31.2. The average Bonchev–Trinajstić information content (AvgIpc) is 2.89. The van der Waals surface area contributed by atoms with E-state index >= 15 is 0 Å². The number of anilines is 1. The van der Waals surface area contributed by atoms with Crippen LogP contribution in [0.25, 0.3) is 0 Å². The SMILES string of the molecule is Cc1ccc(N(CCCC(=O)N(Cc2cccc(Cl)c2)C(Cc2ccccc2)C(=O)NC(C)C)S(C)(=O)=O)cc1. The molecule has 0 aliphatic heterocycles. The van der Waals surface area contributed by atoms with Gasteiger partial charge in [-0.2, -0.15) is 0 Å². The summed E-state index contributed by atoms with van der Waals surface area (Å²) >= 11 is 6.23. The van der Waals surface area contributed by atoms with Crippen molar-refractivity contribution in [3.63, 3.8) is 0 Å². The van der Waals surface area contributed by atoms with Crippen molar-refractivity contribution in [3.05, 3.63) is 101 Å². The molecule has 2 amide bonds. The molecule has 3 aromatic rings. The smallest absolute Gasteiger partial charge is 0.243 e. The van der Waals surface area contributed by atoms with Gasteiger partial charge in [0.05, 0.1) is 11.9 Å². The van der Waals surface area contributed by atoms with Crippen molar-refractivity contribution in [1.82, 2.24) is 10.2 Å². The van der Waals surface area contributed by atoms with Crippen molar-refractivity contribution in [2.75, 3.05) is 17.1 Å². The number of hydrogen-bond acceptors (Lipinski definition) is 4. The van der Waals surface area contributed by atoms with Crippen LogP contribution in [0.2, 0.25) is 5.02 Å². The summed E-state index contributed by atoms with van der Waals surface area (Å²) in [6, 6.07) is 23.2. The second kappa shape index (κ2) is 14.3. The van der Waals surface area contributed by atoms with Gasteiger partial charge in [0.1, 0.15) is 6.04 Å².